The summed E-state index contributed by atoms with van der Waals surface area (Å²) in [6.07, 6.45) is 4.54. The van der Waals surface area contributed by atoms with Crippen LogP contribution >= 0.6 is 0 Å². The van der Waals surface area contributed by atoms with Crippen molar-refractivity contribution in [2.45, 2.75) is 39.2 Å². The number of hydrazine groups is 1. The van der Waals surface area contributed by atoms with Gasteiger partial charge < -0.3 is 4.42 Å². The molecule has 0 aliphatic rings. The van der Waals surface area contributed by atoms with Gasteiger partial charge in [0.25, 0.3) is 0 Å². The predicted octanol–water partition coefficient (Wildman–Crippen LogP) is 2.90. The summed E-state index contributed by atoms with van der Waals surface area (Å²) in [7, 11) is 0. The first-order chi connectivity index (χ1) is 9.17. The molecule has 0 bridgehead atoms. The predicted molar refractivity (Wildman–Crippen MR) is 77.8 cm³/mol. The Balaban J connectivity index is 1.94. The quantitative estimate of drug-likeness (QED) is 0.619. The first-order valence-corrected chi connectivity index (χ1v) is 6.73. The molecular formula is C16H22N2O. The van der Waals surface area contributed by atoms with E-state index in [1.807, 2.05) is 12.1 Å². The van der Waals surface area contributed by atoms with Crippen molar-refractivity contribution in [2.24, 2.45) is 5.84 Å². The van der Waals surface area contributed by atoms with E-state index in [1.54, 1.807) is 6.26 Å². The molecule has 1 heterocycles. The lowest BCUT2D eigenvalue weighted by Gasteiger charge is -2.16. The van der Waals surface area contributed by atoms with E-state index in [0.29, 0.717) is 0 Å². The van der Waals surface area contributed by atoms with Crippen LogP contribution in [0.25, 0.3) is 0 Å². The molecule has 0 aliphatic carbocycles. The monoisotopic (exact) mass is 258 g/mol. The Morgan fingerprint density at radius 3 is 2.53 bits per heavy atom. The maximum Gasteiger partial charge on any atom is 0.103 e. The maximum atomic E-state index is 5.66. The third-order valence-electron chi connectivity index (χ3n) is 3.32. The number of rotatable bonds is 6. The third kappa shape index (κ3) is 4.23. The molecule has 0 fully saturated rings. The van der Waals surface area contributed by atoms with E-state index in [0.717, 1.165) is 25.0 Å². The van der Waals surface area contributed by atoms with Gasteiger partial charge in [0.15, 0.2) is 0 Å². The minimum Gasteiger partial charge on any atom is -0.469 e. The van der Waals surface area contributed by atoms with Gasteiger partial charge in [-0.3, -0.25) is 11.3 Å². The molecule has 1 atom stereocenters. The summed E-state index contributed by atoms with van der Waals surface area (Å²) < 4.78 is 5.35. The lowest BCUT2D eigenvalue weighted by molar-refractivity contribution is 0.447. The van der Waals surface area contributed by atoms with Crippen LogP contribution in [0.2, 0.25) is 0 Å². The largest absolute Gasteiger partial charge is 0.469 e. The average Bonchev–Trinajstić information content (AvgIpc) is 2.86. The Labute approximate surface area is 114 Å². The zero-order valence-electron chi connectivity index (χ0n) is 11.6. The van der Waals surface area contributed by atoms with Crippen molar-refractivity contribution in [2.75, 3.05) is 0 Å². The number of nitrogens with two attached hydrogens (primary N) is 1. The van der Waals surface area contributed by atoms with Gasteiger partial charge in [0.2, 0.25) is 0 Å². The van der Waals surface area contributed by atoms with Crippen LogP contribution in [0.15, 0.2) is 41.0 Å². The van der Waals surface area contributed by atoms with Gasteiger partial charge in [0.05, 0.1) is 6.26 Å². The summed E-state index contributed by atoms with van der Waals surface area (Å²) in [5.74, 6) is 6.67. The van der Waals surface area contributed by atoms with E-state index in [4.69, 9.17) is 10.3 Å². The van der Waals surface area contributed by atoms with Crippen LogP contribution in [0.1, 0.15) is 28.9 Å². The fraction of sp³-hybridized carbons (Fsp3) is 0.375. The molecule has 2 rings (SSSR count). The summed E-state index contributed by atoms with van der Waals surface area (Å²) in [4.78, 5) is 0. The molecule has 0 aliphatic heterocycles. The van der Waals surface area contributed by atoms with Crippen LogP contribution in [0.4, 0.5) is 0 Å². The molecule has 1 aromatic carbocycles. The molecule has 1 aromatic heterocycles. The standard InChI is InChI=1S/C16H22N2O/c1-12-8-13(2)10-14(9-12)11-15(18-17)5-6-16-4-3-7-19-16/h3-4,7-10,15,18H,5-6,11,17H2,1-2H3. The second-order valence-electron chi connectivity index (χ2n) is 5.18. The number of nitrogens with one attached hydrogen (secondary N) is 1. The second-order valence-corrected chi connectivity index (χ2v) is 5.18. The molecular weight excluding hydrogens is 236 g/mol. The zero-order chi connectivity index (χ0) is 13.7. The topological polar surface area (TPSA) is 51.2 Å². The van der Waals surface area contributed by atoms with Crippen molar-refractivity contribution >= 4 is 0 Å². The van der Waals surface area contributed by atoms with Crippen LogP contribution in [0.3, 0.4) is 0 Å². The summed E-state index contributed by atoms with van der Waals surface area (Å²) >= 11 is 0. The molecule has 0 saturated heterocycles. The smallest absolute Gasteiger partial charge is 0.103 e. The Bertz CT molecular complexity index is 485. The number of hydrogen-bond donors (Lipinski definition) is 2. The molecule has 102 valence electrons. The molecule has 1 unspecified atom stereocenters. The third-order valence-corrected chi connectivity index (χ3v) is 3.32. The minimum absolute atomic E-state index is 0.270. The fourth-order valence-corrected chi connectivity index (χ4v) is 2.49. The van der Waals surface area contributed by atoms with Crippen molar-refractivity contribution < 1.29 is 4.42 Å². The Kier molecular flexibility index (Phi) is 4.77. The number of aryl methyl sites for hydroxylation is 3. The van der Waals surface area contributed by atoms with Crippen LogP contribution in [0.5, 0.6) is 0 Å². The zero-order valence-corrected chi connectivity index (χ0v) is 11.6. The fourth-order valence-electron chi connectivity index (χ4n) is 2.49. The first kappa shape index (κ1) is 13.8. The van der Waals surface area contributed by atoms with Gasteiger partial charge in [0, 0.05) is 12.5 Å². The van der Waals surface area contributed by atoms with Gasteiger partial charge in [-0.25, -0.2) is 0 Å². The van der Waals surface area contributed by atoms with E-state index < -0.39 is 0 Å². The van der Waals surface area contributed by atoms with Crippen molar-refractivity contribution in [1.29, 1.82) is 0 Å². The summed E-state index contributed by atoms with van der Waals surface area (Å²) in [6, 6.07) is 10.8. The number of hydrogen-bond acceptors (Lipinski definition) is 3. The lowest BCUT2D eigenvalue weighted by atomic mass is 9.98. The Morgan fingerprint density at radius 1 is 1.21 bits per heavy atom. The van der Waals surface area contributed by atoms with Crippen molar-refractivity contribution in [3.05, 3.63) is 59.0 Å². The Morgan fingerprint density at radius 2 is 1.95 bits per heavy atom. The van der Waals surface area contributed by atoms with E-state index in [2.05, 4.69) is 37.5 Å². The highest BCUT2D eigenvalue weighted by molar-refractivity contribution is 5.29. The van der Waals surface area contributed by atoms with E-state index in [9.17, 15) is 0 Å². The highest BCUT2D eigenvalue weighted by Gasteiger charge is 2.09. The van der Waals surface area contributed by atoms with E-state index >= 15 is 0 Å². The van der Waals surface area contributed by atoms with Crippen LogP contribution < -0.4 is 11.3 Å². The number of benzene rings is 1. The van der Waals surface area contributed by atoms with Crippen LogP contribution in [-0.4, -0.2) is 6.04 Å². The molecule has 0 spiro atoms. The highest BCUT2D eigenvalue weighted by atomic mass is 16.3. The van der Waals surface area contributed by atoms with E-state index in [1.165, 1.54) is 16.7 Å². The highest BCUT2D eigenvalue weighted by Crippen LogP contribution is 2.13. The molecule has 0 amide bonds. The molecule has 3 nitrogen and oxygen atoms in total. The summed E-state index contributed by atoms with van der Waals surface area (Å²) in [5, 5.41) is 0. The van der Waals surface area contributed by atoms with Gasteiger partial charge in [-0.1, -0.05) is 29.3 Å². The number of furan rings is 1. The average molecular weight is 258 g/mol. The van der Waals surface area contributed by atoms with E-state index in [-0.39, 0.29) is 6.04 Å². The van der Waals surface area contributed by atoms with Gasteiger partial charge in [-0.2, -0.15) is 0 Å². The van der Waals surface area contributed by atoms with Crippen molar-refractivity contribution in [3.63, 3.8) is 0 Å². The van der Waals surface area contributed by atoms with Crippen LogP contribution in [-0.2, 0) is 12.8 Å². The van der Waals surface area contributed by atoms with Gasteiger partial charge in [0.1, 0.15) is 5.76 Å². The SMILES string of the molecule is Cc1cc(C)cc(CC(CCc2ccco2)NN)c1. The van der Waals surface area contributed by atoms with Crippen LogP contribution in [0, 0.1) is 13.8 Å². The second kappa shape index (κ2) is 6.55. The molecule has 19 heavy (non-hydrogen) atoms. The molecule has 2 aromatic rings. The van der Waals surface area contributed by atoms with Gasteiger partial charge in [-0.15, -0.1) is 0 Å². The Hall–Kier alpha value is -1.58. The summed E-state index contributed by atoms with van der Waals surface area (Å²) in [5.41, 5.74) is 6.85. The van der Waals surface area contributed by atoms with Crippen molar-refractivity contribution in [3.8, 4) is 0 Å². The molecule has 3 heteroatoms. The molecule has 0 radical (unpaired) electrons. The van der Waals surface area contributed by atoms with Gasteiger partial charge >= 0.3 is 0 Å². The maximum absolute atomic E-state index is 5.66. The molecule has 3 N–H and O–H groups in total. The first-order valence-electron chi connectivity index (χ1n) is 6.73. The van der Waals surface area contributed by atoms with Gasteiger partial charge in [-0.05, 0) is 44.4 Å². The minimum atomic E-state index is 0.270. The normalized spacial score (nSPS) is 12.6. The lowest BCUT2D eigenvalue weighted by Crippen LogP contribution is -2.37. The van der Waals surface area contributed by atoms with Crippen molar-refractivity contribution in [1.82, 2.24) is 5.43 Å². The molecule has 0 saturated carbocycles. The summed E-state index contributed by atoms with van der Waals surface area (Å²) in [6.45, 7) is 4.26.